The van der Waals surface area contributed by atoms with Crippen LogP contribution in [0.2, 0.25) is 0 Å². The summed E-state index contributed by atoms with van der Waals surface area (Å²) >= 11 is 1.57. The number of aromatic nitrogens is 5. The Bertz CT molecular complexity index is 1280. The number of carbonyl (C=O) groups excluding carboxylic acids is 1. The summed E-state index contributed by atoms with van der Waals surface area (Å²) < 4.78 is 21.3. The van der Waals surface area contributed by atoms with E-state index >= 15 is 0 Å². The number of ether oxygens (including phenoxy) is 1. The van der Waals surface area contributed by atoms with Gasteiger partial charge in [0.25, 0.3) is 0 Å². The quantitative estimate of drug-likeness (QED) is 0.426. The Balaban J connectivity index is 1.45. The Kier molecular flexibility index (Phi) is 6.31. The fourth-order valence-corrected chi connectivity index (χ4v) is 3.53. The van der Waals surface area contributed by atoms with Crippen molar-refractivity contribution in [1.82, 2.24) is 25.2 Å². The molecule has 2 aromatic carbocycles. The number of anilines is 1. The van der Waals surface area contributed by atoms with Crippen molar-refractivity contribution in [3.8, 4) is 11.4 Å². The molecule has 0 bridgehead atoms. The molecule has 0 aliphatic carbocycles. The van der Waals surface area contributed by atoms with Crippen LogP contribution in [0.3, 0.4) is 0 Å². The molecule has 8 nitrogen and oxygen atoms in total. The molecule has 1 amide bonds. The number of aryl methyl sites for hydroxylation is 2. The normalized spacial score (nSPS) is 11.1. The minimum atomic E-state index is -0.504. The number of hydrogen-bond donors (Lipinski definition) is 1. The molecule has 1 N–H and O–H groups in total. The van der Waals surface area contributed by atoms with E-state index in [9.17, 15) is 9.18 Å². The molecule has 0 unspecified atom stereocenters. The van der Waals surface area contributed by atoms with Crippen molar-refractivity contribution >= 4 is 29.0 Å². The number of nitrogens with one attached hydrogen (secondary N) is 1. The summed E-state index contributed by atoms with van der Waals surface area (Å²) in [6, 6.07) is 11.6. The van der Waals surface area contributed by atoms with E-state index in [-0.39, 0.29) is 11.6 Å². The number of thiazole rings is 1. The third-order valence-corrected chi connectivity index (χ3v) is 5.27. The first-order valence-corrected chi connectivity index (χ1v) is 10.5. The van der Waals surface area contributed by atoms with Gasteiger partial charge in [0.1, 0.15) is 23.9 Å². The van der Waals surface area contributed by atoms with Crippen molar-refractivity contribution in [3.63, 3.8) is 0 Å². The summed E-state index contributed by atoms with van der Waals surface area (Å²) in [4.78, 5) is 16.8. The van der Waals surface area contributed by atoms with E-state index in [1.807, 2.05) is 36.6 Å². The minimum absolute atomic E-state index is 0.144. The summed E-state index contributed by atoms with van der Waals surface area (Å²) in [7, 11) is 0. The van der Waals surface area contributed by atoms with E-state index in [0.717, 1.165) is 16.3 Å². The van der Waals surface area contributed by atoms with Gasteiger partial charge in [0.05, 0.1) is 10.7 Å². The van der Waals surface area contributed by atoms with Crippen molar-refractivity contribution in [3.05, 3.63) is 81.8 Å². The lowest BCUT2D eigenvalue weighted by Gasteiger charge is -2.09. The van der Waals surface area contributed by atoms with Crippen LogP contribution in [0.1, 0.15) is 22.1 Å². The van der Waals surface area contributed by atoms with Gasteiger partial charge in [-0.15, -0.1) is 16.4 Å². The van der Waals surface area contributed by atoms with E-state index in [1.54, 1.807) is 24.3 Å². The second kappa shape index (κ2) is 9.48. The molecule has 0 fully saturated rings. The fraction of sp³-hybridized carbons (Fsp3) is 0.136. The summed E-state index contributed by atoms with van der Waals surface area (Å²) in [6.07, 6.45) is 3.05. The van der Waals surface area contributed by atoms with E-state index in [1.165, 1.54) is 29.0 Å². The Labute approximate surface area is 187 Å². The highest BCUT2D eigenvalue weighted by Crippen LogP contribution is 2.22. The van der Waals surface area contributed by atoms with Gasteiger partial charge in [-0.25, -0.2) is 9.37 Å². The van der Waals surface area contributed by atoms with E-state index in [0.29, 0.717) is 23.9 Å². The number of hydrogen-bond acceptors (Lipinski definition) is 7. The average Bonchev–Trinajstić information content (AvgIpc) is 3.40. The van der Waals surface area contributed by atoms with Crippen molar-refractivity contribution in [2.24, 2.45) is 0 Å². The number of para-hydroxylation sites is 1. The van der Waals surface area contributed by atoms with Crippen LogP contribution in [-0.4, -0.2) is 31.1 Å². The standard InChI is InChI=1S/C22H19FN6O2S/c1-14-26-27-28-29(14)20-11-17(8-9-19(20)23)25-22(30)10-7-16-5-3-4-6-21(16)31-12-18-13-32-15(2)24-18/h3-11,13H,12H2,1-2H3,(H,25,30)/b10-7+. The summed E-state index contributed by atoms with van der Waals surface area (Å²) in [5.41, 5.74) is 2.16. The SMILES string of the molecule is Cc1nc(COc2ccccc2/C=C/C(=O)Nc2ccc(F)c(-n3nnnc3C)c2)cs1. The monoisotopic (exact) mass is 450 g/mol. The second-order valence-corrected chi connectivity index (χ2v) is 7.87. The number of benzene rings is 2. The van der Waals surface area contributed by atoms with Gasteiger partial charge in [-0.1, -0.05) is 18.2 Å². The Morgan fingerprint density at radius 1 is 1.25 bits per heavy atom. The van der Waals surface area contributed by atoms with Crippen LogP contribution in [0.4, 0.5) is 10.1 Å². The van der Waals surface area contributed by atoms with Crippen LogP contribution in [-0.2, 0) is 11.4 Å². The van der Waals surface area contributed by atoms with Gasteiger partial charge in [-0.3, -0.25) is 4.79 Å². The van der Waals surface area contributed by atoms with E-state index in [2.05, 4.69) is 25.8 Å². The van der Waals surface area contributed by atoms with Gasteiger partial charge in [0.15, 0.2) is 5.82 Å². The maximum absolute atomic E-state index is 14.2. The van der Waals surface area contributed by atoms with Gasteiger partial charge in [0.2, 0.25) is 5.91 Å². The third kappa shape index (κ3) is 5.03. The summed E-state index contributed by atoms with van der Waals surface area (Å²) in [5.74, 6) is 0.188. The molecule has 0 radical (unpaired) electrons. The largest absolute Gasteiger partial charge is 0.487 e. The highest BCUT2D eigenvalue weighted by atomic mass is 32.1. The molecular formula is C22H19FN6O2S. The van der Waals surface area contributed by atoms with Gasteiger partial charge < -0.3 is 10.1 Å². The lowest BCUT2D eigenvalue weighted by atomic mass is 10.2. The molecule has 4 aromatic rings. The molecule has 2 aromatic heterocycles. The predicted octanol–water partition coefficient (Wildman–Crippen LogP) is 4.11. The number of amides is 1. The summed E-state index contributed by atoms with van der Waals surface area (Å²) in [5, 5.41) is 16.7. The predicted molar refractivity (Wildman–Crippen MR) is 119 cm³/mol. The summed E-state index contributed by atoms with van der Waals surface area (Å²) in [6.45, 7) is 3.94. The van der Waals surface area contributed by atoms with Crippen molar-refractivity contribution in [2.45, 2.75) is 20.5 Å². The molecule has 0 aliphatic rings. The number of rotatable bonds is 7. The first kappa shape index (κ1) is 21.3. The lowest BCUT2D eigenvalue weighted by Crippen LogP contribution is -2.09. The molecule has 0 spiro atoms. The number of nitrogens with zero attached hydrogens (tertiary/aromatic N) is 5. The van der Waals surface area contributed by atoms with Crippen LogP contribution in [0.25, 0.3) is 11.8 Å². The highest BCUT2D eigenvalue weighted by molar-refractivity contribution is 7.09. The molecular weight excluding hydrogens is 431 g/mol. The zero-order valence-electron chi connectivity index (χ0n) is 17.3. The van der Waals surface area contributed by atoms with Crippen LogP contribution in [0, 0.1) is 19.7 Å². The minimum Gasteiger partial charge on any atom is -0.487 e. The van der Waals surface area contributed by atoms with Crippen LogP contribution in [0.5, 0.6) is 5.75 Å². The van der Waals surface area contributed by atoms with Crippen molar-refractivity contribution in [2.75, 3.05) is 5.32 Å². The molecule has 0 aliphatic heterocycles. The molecule has 32 heavy (non-hydrogen) atoms. The number of tetrazole rings is 1. The van der Waals surface area contributed by atoms with Crippen LogP contribution < -0.4 is 10.1 Å². The van der Waals surface area contributed by atoms with Crippen LogP contribution in [0.15, 0.2) is 53.9 Å². The average molecular weight is 450 g/mol. The first-order chi connectivity index (χ1) is 15.5. The topological polar surface area (TPSA) is 94.8 Å². The van der Waals surface area contributed by atoms with Gasteiger partial charge in [-0.2, -0.15) is 4.68 Å². The highest BCUT2D eigenvalue weighted by Gasteiger charge is 2.11. The number of halogens is 1. The molecule has 0 atom stereocenters. The zero-order valence-corrected chi connectivity index (χ0v) is 18.1. The smallest absolute Gasteiger partial charge is 0.248 e. The Morgan fingerprint density at radius 3 is 2.84 bits per heavy atom. The second-order valence-electron chi connectivity index (χ2n) is 6.81. The first-order valence-electron chi connectivity index (χ1n) is 9.66. The van der Waals surface area contributed by atoms with Gasteiger partial charge >= 0.3 is 0 Å². The molecule has 4 rings (SSSR count). The zero-order chi connectivity index (χ0) is 22.5. The van der Waals surface area contributed by atoms with Gasteiger partial charge in [-0.05, 0) is 54.6 Å². The van der Waals surface area contributed by atoms with Gasteiger partial charge in [0, 0.05) is 22.7 Å². The molecule has 10 heteroatoms. The molecule has 0 saturated carbocycles. The molecule has 0 saturated heterocycles. The number of carbonyl (C=O) groups is 1. The Hall–Kier alpha value is -3.92. The van der Waals surface area contributed by atoms with Crippen molar-refractivity contribution in [1.29, 1.82) is 0 Å². The van der Waals surface area contributed by atoms with E-state index < -0.39 is 5.82 Å². The maximum Gasteiger partial charge on any atom is 0.248 e. The maximum atomic E-state index is 14.2. The fourth-order valence-electron chi connectivity index (χ4n) is 2.93. The van der Waals surface area contributed by atoms with Crippen molar-refractivity contribution < 1.29 is 13.9 Å². The van der Waals surface area contributed by atoms with Crippen LogP contribution >= 0.6 is 11.3 Å². The lowest BCUT2D eigenvalue weighted by molar-refractivity contribution is -0.111. The Morgan fingerprint density at radius 2 is 2.09 bits per heavy atom. The van der Waals surface area contributed by atoms with E-state index in [4.69, 9.17) is 4.74 Å². The molecule has 162 valence electrons. The molecule has 2 heterocycles. The third-order valence-electron chi connectivity index (χ3n) is 4.44.